The van der Waals surface area contributed by atoms with Crippen LogP contribution in [0, 0.1) is 6.20 Å². The molecule has 0 aromatic carbocycles. The van der Waals surface area contributed by atoms with Crippen LogP contribution in [-0.2, 0) is 0 Å². The first-order valence-corrected chi connectivity index (χ1v) is 3.31. The van der Waals surface area contributed by atoms with Gasteiger partial charge in [0, 0.05) is 11.6 Å². The van der Waals surface area contributed by atoms with E-state index in [0.717, 1.165) is 10.1 Å². The Hall–Kier alpha value is -0.960. The van der Waals surface area contributed by atoms with Crippen molar-refractivity contribution >= 4 is 21.6 Å². The van der Waals surface area contributed by atoms with Gasteiger partial charge in [-0.3, -0.25) is 4.98 Å². The Labute approximate surface area is 56.3 Å². The molecule has 2 rings (SSSR count). The van der Waals surface area contributed by atoms with Gasteiger partial charge in [0.05, 0.1) is 17.1 Å². The second-order valence-electron chi connectivity index (χ2n) is 1.66. The smallest absolute Gasteiger partial charge is 0.0996 e. The molecule has 2 aromatic rings. The van der Waals surface area contributed by atoms with E-state index in [2.05, 4.69) is 15.6 Å². The second kappa shape index (κ2) is 1.77. The molecule has 1 radical (unpaired) electrons. The SMILES string of the molecule is [c]1nccc2sncc12. The molecule has 2 nitrogen and oxygen atoms in total. The molecule has 0 saturated carbocycles. The van der Waals surface area contributed by atoms with Crippen LogP contribution in [-0.4, -0.2) is 9.36 Å². The third-order valence-corrected chi connectivity index (χ3v) is 1.85. The zero-order chi connectivity index (χ0) is 6.10. The molecule has 2 heterocycles. The van der Waals surface area contributed by atoms with Gasteiger partial charge in [-0.25, -0.2) is 0 Å². The monoisotopic (exact) mass is 135 g/mol. The first-order valence-electron chi connectivity index (χ1n) is 2.54. The van der Waals surface area contributed by atoms with E-state index in [1.54, 1.807) is 12.4 Å². The number of fused-ring (bicyclic) bond motifs is 1. The van der Waals surface area contributed by atoms with E-state index in [0.29, 0.717) is 0 Å². The number of hydrogen-bond donors (Lipinski definition) is 0. The van der Waals surface area contributed by atoms with Crippen molar-refractivity contribution < 1.29 is 0 Å². The summed E-state index contributed by atoms with van der Waals surface area (Å²) in [5, 5.41) is 1.00. The second-order valence-corrected chi connectivity index (χ2v) is 2.49. The van der Waals surface area contributed by atoms with Crippen LogP contribution in [0.25, 0.3) is 10.1 Å². The lowest BCUT2D eigenvalue weighted by Crippen LogP contribution is -1.65. The summed E-state index contributed by atoms with van der Waals surface area (Å²) in [6.07, 6.45) is 6.32. The highest BCUT2D eigenvalue weighted by Crippen LogP contribution is 2.13. The quantitative estimate of drug-likeness (QED) is 0.547. The van der Waals surface area contributed by atoms with Crippen LogP contribution in [0.4, 0.5) is 0 Å². The molecule has 0 atom stereocenters. The van der Waals surface area contributed by atoms with Crippen molar-refractivity contribution in [2.75, 3.05) is 0 Å². The number of nitrogens with zero attached hydrogens (tertiary/aromatic N) is 2. The van der Waals surface area contributed by atoms with E-state index >= 15 is 0 Å². The van der Waals surface area contributed by atoms with Crippen LogP contribution in [0.2, 0.25) is 0 Å². The molecule has 43 valence electrons. The summed E-state index contributed by atoms with van der Waals surface area (Å²) in [4.78, 5) is 3.83. The first-order chi connectivity index (χ1) is 4.47. The van der Waals surface area contributed by atoms with Gasteiger partial charge in [0.2, 0.25) is 0 Å². The lowest BCUT2D eigenvalue weighted by Gasteiger charge is -1.78. The van der Waals surface area contributed by atoms with Gasteiger partial charge < -0.3 is 0 Å². The summed E-state index contributed by atoms with van der Waals surface area (Å²) in [5.74, 6) is 0. The van der Waals surface area contributed by atoms with Gasteiger partial charge in [0.25, 0.3) is 0 Å². The van der Waals surface area contributed by atoms with Crippen LogP contribution in [0.5, 0.6) is 0 Å². The van der Waals surface area contributed by atoms with Gasteiger partial charge >= 0.3 is 0 Å². The van der Waals surface area contributed by atoms with Gasteiger partial charge in [0.15, 0.2) is 0 Å². The Kier molecular flexibility index (Phi) is 0.960. The molecule has 0 aliphatic rings. The first kappa shape index (κ1) is 4.88. The Morgan fingerprint density at radius 2 is 2.56 bits per heavy atom. The van der Waals surface area contributed by atoms with E-state index in [1.807, 2.05) is 6.07 Å². The molecule has 0 fully saturated rings. The fourth-order valence-electron chi connectivity index (χ4n) is 0.665. The van der Waals surface area contributed by atoms with Crippen molar-refractivity contribution in [2.45, 2.75) is 0 Å². The van der Waals surface area contributed by atoms with Crippen LogP contribution >= 0.6 is 11.5 Å². The van der Waals surface area contributed by atoms with E-state index in [4.69, 9.17) is 0 Å². The molecule has 0 spiro atoms. The van der Waals surface area contributed by atoms with Crippen LogP contribution in [0.15, 0.2) is 18.5 Å². The maximum atomic E-state index is 3.97. The zero-order valence-corrected chi connectivity index (χ0v) is 5.35. The average Bonchev–Trinajstić information content (AvgIpc) is 2.33. The maximum Gasteiger partial charge on any atom is 0.0996 e. The van der Waals surface area contributed by atoms with Crippen LogP contribution < -0.4 is 0 Å². The van der Waals surface area contributed by atoms with E-state index < -0.39 is 0 Å². The highest BCUT2D eigenvalue weighted by molar-refractivity contribution is 7.13. The molecule has 0 saturated heterocycles. The third kappa shape index (κ3) is 0.695. The highest BCUT2D eigenvalue weighted by Gasteiger charge is 1.91. The Bertz CT molecular complexity index is 285. The molecule has 2 aromatic heterocycles. The van der Waals surface area contributed by atoms with E-state index in [1.165, 1.54) is 11.5 Å². The van der Waals surface area contributed by atoms with E-state index in [9.17, 15) is 0 Å². The molecule has 0 unspecified atom stereocenters. The van der Waals surface area contributed by atoms with Crippen LogP contribution in [0.1, 0.15) is 0 Å². The van der Waals surface area contributed by atoms with Crippen molar-refractivity contribution in [3.05, 3.63) is 24.7 Å². The summed E-state index contributed by atoms with van der Waals surface area (Å²) in [7, 11) is 0. The van der Waals surface area contributed by atoms with Crippen molar-refractivity contribution in [3.8, 4) is 0 Å². The standard InChI is InChI=1S/C6H3N2S/c1-2-7-3-5-4-8-9-6(1)5/h1-2,4H. The van der Waals surface area contributed by atoms with Crippen molar-refractivity contribution in [1.82, 2.24) is 9.36 Å². The predicted octanol–water partition coefficient (Wildman–Crippen LogP) is 1.49. The minimum atomic E-state index is 1.00. The van der Waals surface area contributed by atoms with Gasteiger partial charge in [-0.2, -0.15) is 4.37 Å². The lowest BCUT2D eigenvalue weighted by molar-refractivity contribution is 1.35. The van der Waals surface area contributed by atoms with Crippen molar-refractivity contribution in [2.24, 2.45) is 0 Å². The van der Waals surface area contributed by atoms with Gasteiger partial charge in [-0.1, -0.05) is 0 Å². The molecular weight excluding hydrogens is 132 g/mol. The molecule has 0 amide bonds. The van der Waals surface area contributed by atoms with Gasteiger partial charge in [0.1, 0.15) is 0 Å². The Balaban J connectivity index is 2.95. The fraction of sp³-hybridized carbons (Fsp3) is 0. The summed E-state index contributed by atoms with van der Waals surface area (Å²) in [6, 6.07) is 1.93. The molecule has 3 heteroatoms. The Morgan fingerprint density at radius 1 is 1.56 bits per heavy atom. The summed E-state index contributed by atoms with van der Waals surface area (Å²) in [5.41, 5.74) is 0. The maximum absolute atomic E-state index is 3.97. The van der Waals surface area contributed by atoms with Gasteiger partial charge in [-0.05, 0) is 17.6 Å². The number of pyridine rings is 1. The summed E-state index contributed by atoms with van der Waals surface area (Å²) >= 11 is 1.47. The minimum absolute atomic E-state index is 1.00. The van der Waals surface area contributed by atoms with Gasteiger partial charge in [-0.15, -0.1) is 0 Å². The third-order valence-electron chi connectivity index (χ3n) is 1.08. The van der Waals surface area contributed by atoms with Crippen LogP contribution in [0.3, 0.4) is 0 Å². The molecule has 0 aliphatic carbocycles. The molecular formula is C6H3N2S. The zero-order valence-electron chi connectivity index (χ0n) is 4.53. The summed E-state index contributed by atoms with van der Waals surface area (Å²) < 4.78 is 5.12. The predicted molar refractivity (Wildman–Crippen MR) is 36.3 cm³/mol. The fourth-order valence-corrected chi connectivity index (χ4v) is 1.25. The number of aromatic nitrogens is 2. The lowest BCUT2D eigenvalue weighted by atomic mass is 10.4. The molecule has 0 N–H and O–H groups in total. The van der Waals surface area contributed by atoms with Crippen molar-refractivity contribution in [3.63, 3.8) is 0 Å². The Morgan fingerprint density at radius 3 is 3.44 bits per heavy atom. The number of hydrogen-bond acceptors (Lipinski definition) is 3. The molecule has 0 aliphatic heterocycles. The van der Waals surface area contributed by atoms with Crippen molar-refractivity contribution in [1.29, 1.82) is 0 Å². The molecule has 9 heavy (non-hydrogen) atoms. The normalized spacial score (nSPS) is 10.2. The summed E-state index contributed by atoms with van der Waals surface area (Å²) in [6.45, 7) is 0. The minimum Gasteiger partial charge on any atom is -0.254 e. The molecule has 0 bridgehead atoms. The topological polar surface area (TPSA) is 25.8 Å². The van der Waals surface area contributed by atoms with E-state index in [-0.39, 0.29) is 0 Å². The average molecular weight is 135 g/mol. The number of rotatable bonds is 0. The highest BCUT2D eigenvalue weighted by atomic mass is 32.1. The largest absolute Gasteiger partial charge is 0.254 e.